The van der Waals surface area contributed by atoms with Crippen LogP contribution in [0.1, 0.15) is 29.8 Å². The molecule has 1 N–H and O–H groups in total. The number of ether oxygens (including phenoxy) is 2. The fourth-order valence-electron chi connectivity index (χ4n) is 4.43. The van der Waals surface area contributed by atoms with Crippen LogP contribution in [0.15, 0.2) is 35.4 Å². The van der Waals surface area contributed by atoms with Gasteiger partial charge in [0.2, 0.25) is 0 Å². The molecule has 1 aromatic carbocycles. The van der Waals surface area contributed by atoms with Gasteiger partial charge in [0, 0.05) is 48.7 Å². The number of nitrogens with zero attached hydrogens (tertiary/aromatic N) is 4. The Hall–Kier alpha value is -3.37. The van der Waals surface area contributed by atoms with Crippen LogP contribution in [0.25, 0.3) is 21.7 Å². The number of aromatic nitrogens is 2. The first-order valence-corrected chi connectivity index (χ1v) is 12.0. The van der Waals surface area contributed by atoms with Gasteiger partial charge in [0.1, 0.15) is 11.3 Å². The minimum Gasteiger partial charge on any atom is -0.496 e. The van der Waals surface area contributed by atoms with Gasteiger partial charge in [-0.1, -0.05) is 11.3 Å². The topological polar surface area (TPSA) is 97.1 Å². The van der Waals surface area contributed by atoms with Gasteiger partial charge in [0.05, 0.1) is 37.4 Å². The fourth-order valence-corrected chi connectivity index (χ4v) is 5.41. The molecule has 0 aliphatic carbocycles. The van der Waals surface area contributed by atoms with E-state index in [4.69, 9.17) is 9.47 Å². The number of hydrogen-bond donors (Lipinski definition) is 1. The van der Waals surface area contributed by atoms with Gasteiger partial charge in [-0.25, -0.2) is 9.78 Å². The molecule has 0 spiro atoms. The van der Waals surface area contributed by atoms with Crippen molar-refractivity contribution in [3.8, 4) is 27.4 Å². The van der Waals surface area contributed by atoms with Crippen LogP contribution in [0.5, 0.6) is 5.75 Å². The predicted molar refractivity (Wildman–Crippen MR) is 131 cm³/mol. The number of hydrogen-bond acceptors (Lipinski definition) is 8. The van der Waals surface area contributed by atoms with Crippen molar-refractivity contribution in [2.24, 2.45) is 0 Å². The lowest BCUT2D eigenvalue weighted by Gasteiger charge is -2.38. The van der Waals surface area contributed by atoms with Gasteiger partial charge in [-0.05, 0) is 31.5 Å². The van der Waals surface area contributed by atoms with E-state index in [2.05, 4.69) is 16.0 Å². The van der Waals surface area contributed by atoms with Crippen LogP contribution in [0, 0.1) is 0 Å². The van der Waals surface area contributed by atoms with Gasteiger partial charge in [0.15, 0.2) is 10.6 Å². The van der Waals surface area contributed by atoms with Crippen molar-refractivity contribution >= 4 is 22.4 Å². The number of thiazole rings is 1. The Bertz CT molecular complexity index is 1310. The lowest BCUT2D eigenvalue weighted by Crippen LogP contribution is -2.44. The van der Waals surface area contributed by atoms with E-state index in [9.17, 15) is 14.7 Å². The number of carboxylic acid groups (broad SMARTS) is 1. The highest BCUT2D eigenvalue weighted by atomic mass is 32.1. The summed E-state index contributed by atoms with van der Waals surface area (Å²) in [7, 11) is 1.62. The Kier molecular flexibility index (Phi) is 5.78. The minimum absolute atomic E-state index is 0.0814. The van der Waals surface area contributed by atoms with E-state index in [1.807, 2.05) is 31.1 Å². The van der Waals surface area contributed by atoms with E-state index in [1.54, 1.807) is 23.1 Å². The first-order valence-electron chi connectivity index (χ1n) is 11.1. The minimum atomic E-state index is -1.23. The smallest absolute Gasteiger partial charge is 0.341 e. The SMILES string of the molecule is COc1cc2c(cc1-c1cnc(N3CCOCC3)s1)CN(C(C)C)n1cc(C(=O)O)c(=O)cc1-2. The first kappa shape index (κ1) is 22.4. The summed E-state index contributed by atoms with van der Waals surface area (Å²) in [5.74, 6) is -0.556. The van der Waals surface area contributed by atoms with Gasteiger partial charge in [0.25, 0.3) is 0 Å². The van der Waals surface area contributed by atoms with E-state index >= 15 is 0 Å². The van der Waals surface area contributed by atoms with Crippen molar-refractivity contribution in [1.29, 1.82) is 0 Å². The third-order valence-corrected chi connectivity index (χ3v) is 7.30. The second kappa shape index (κ2) is 8.77. The Morgan fingerprint density at radius 3 is 2.65 bits per heavy atom. The number of fused-ring (bicyclic) bond motifs is 3. The molecule has 5 rings (SSSR count). The highest BCUT2D eigenvalue weighted by Gasteiger charge is 2.28. The molecule has 0 unspecified atom stereocenters. The van der Waals surface area contributed by atoms with E-state index < -0.39 is 11.4 Å². The maximum absolute atomic E-state index is 12.6. The number of anilines is 1. The maximum atomic E-state index is 12.6. The normalized spacial score (nSPS) is 15.3. The summed E-state index contributed by atoms with van der Waals surface area (Å²) < 4.78 is 13.0. The van der Waals surface area contributed by atoms with Crippen molar-refractivity contribution in [3.05, 3.63) is 51.9 Å². The van der Waals surface area contributed by atoms with Gasteiger partial charge >= 0.3 is 5.97 Å². The predicted octanol–water partition coefficient (Wildman–Crippen LogP) is 3.04. The van der Waals surface area contributed by atoms with Gasteiger partial charge in [-0.3, -0.25) is 9.47 Å². The Labute approximate surface area is 200 Å². The zero-order valence-corrected chi connectivity index (χ0v) is 20.1. The lowest BCUT2D eigenvalue weighted by molar-refractivity contribution is 0.0694. The fraction of sp³-hybridized carbons (Fsp3) is 0.375. The van der Waals surface area contributed by atoms with Crippen molar-refractivity contribution in [1.82, 2.24) is 9.66 Å². The van der Waals surface area contributed by atoms with Crippen LogP contribution in [0.3, 0.4) is 0 Å². The highest BCUT2D eigenvalue weighted by molar-refractivity contribution is 7.19. The molecule has 2 aromatic heterocycles. The molecule has 34 heavy (non-hydrogen) atoms. The molecule has 1 fully saturated rings. The molecule has 1 saturated heterocycles. The molecular weight excluding hydrogens is 456 g/mol. The Balaban J connectivity index is 1.62. The van der Waals surface area contributed by atoms with Crippen LogP contribution in [0.4, 0.5) is 5.13 Å². The zero-order valence-electron chi connectivity index (χ0n) is 19.3. The van der Waals surface area contributed by atoms with Gasteiger partial charge < -0.3 is 24.5 Å². The zero-order chi connectivity index (χ0) is 24.0. The molecule has 3 aromatic rings. The quantitative estimate of drug-likeness (QED) is 0.593. The average molecular weight is 483 g/mol. The molecule has 0 atom stereocenters. The molecule has 2 aliphatic rings. The number of pyridine rings is 1. The van der Waals surface area contributed by atoms with Crippen molar-refractivity contribution in [2.45, 2.75) is 26.4 Å². The number of carbonyl (C=O) groups is 1. The van der Waals surface area contributed by atoms with E-state index in [-0.39, 0.29) is 11.6 Å². The molecule has 0 radical (unpaired) electrons. The van der Waals surface area contributed by atoms with Crippen LogP contribution in [-0.2, 0) is 11.3 Å². The summed E-state index contributed by atoms with van der Waals surface area (Å²) in [4.78, 5) is 32.0. The van der Waals surface area contributed by atoms with Crippen molar-refractivity contribution < 1.29 is 19.4 Å². The third kappa shape index (κ3) is 3.82. The summed E-state index contributed by atoms with van der Waals surface area (Å²) >= 11 is 1.62. The second-order valence-corrected chi connectivity index (χ2v) is 9.60. The molecule has 10 heteroatoms. The number of morpholine rings is 1. The van der Waals surface area contributed by atoms with Crippen molar-refractivity contribution in [2.75, 3.05) is 43.3 Å². The van der Waals surface area contributed by atoms with Crippen LogP contribution in [-0.4, -0.2) is 60.2 Å². The molecular formula is C24H26N4O5S. The summed E-state index contributed by atoms with van der Waals surface area (Å²) in [6, 6.07) is 5.51. The number of aromatic carboxylic acids is 1. The number of rotatable bonds is 5. The van der Waals surface area contributed by atoms with Crippen LogP contribution in [0.2, 0.25) is 0 Å². The second-order valence-electron chi connectivity index (χ2n) is 8.59. The van der Waals surface area contributed by atoms with Crippen LogP contribution < -0.4 is 20.1 Å². The maximum Gasteiger partial charge on any atom is 0.341 e. The molecule has 0 saturated carbocycles. The molecule has 178 valence electrons. The summed E-state index contributed by atoms with van der Waals surface area (Å²) in [6.07, 6.45) is 3.29. The molecule has 4 heterocycles. The van der Waals surface area contributed by atoms with Gasteiger partial charge in [-0.2, -0.15) is 0 Å². The highest BCUT2D eigenvalue weighted by Crippen LogP contribution is 2.42. The monoisotopic (exact) mass is 482 g/mol. The largest absolute Gasteiger partial charge is 0.496 e. The average Bonchev–Trinajstić information content (AvgIpc) is 3.33. The standard InChI is InChI=1S/C24H26N4O5S/c1-14(2)27-12-15-8-17(22-11-25-24(34-22)26-4-6-33-7-5-26)21(32-3)9-16(15)19-10-20(29)18(23(30)31)13-28(19)27/h8-11,13-14H,4-7,12H2,1-3H3,(H,30,31). The summed E-state index contributed by atoms with van der Waals surface area (Å²) in [5.41, 5.74) is 2.71. The lowest BCUT2D eigenvalue weighted by atomic mass is 9.96. The summed E-state index contributed by atoms with van der Waals surface area (Å²) in [6.45, 7) is 7.68. The van der Waals surface area contributed by atoms with E-state index in [0.717, 1.165) is 39.8 Å². The molecule has 9 nitrogen and oxygen atoms in total. The van der Waals surface area contributed by atoms with E-state index in [0.29, 0.717) is 31.2 Å². The number of carboxylic acids is 1. The molecule has 0 bridgehead atoms. The van der Waals surface area contributed by atoms with Crippen molar-refractivity contribution in [3.63, 3.8) is 0 Å². The molecule has 0 amide bonds. The summed E-state index contributed by atoms with van der Waals surface area (Å²) in [5, 5.41) is 12.5. The first-order chi connectivity index (χ1) is 16.4. The number of benzene rings is 1. The Morgan fingerprint density at radius 1 is 1.21 bits per heavy atom. The van der Waals surface area contributed by atoms with Crippen LogP contribution >= 0.6 is 11.3 Å². The Morgan fingerprint density at radius 2 is 1.97 bits per heavy atom. The molecule has 2 aliphatic heterocycles. The number of methoxy groups -OCH3 is 1. The third-order valence-electron chi connectivity index (χ3n) is 6.21. The van der Waals surface area contributed by atoms with Gasteiger partial charge in [-0.15, -0.1) is 0 Å². The van der Waals surface area contributed by atoms with E-state index in [1.165, 1.54) is 12.3 Å².